The predicted molar refractivity (Wildman–Crippen MR) is 126 cm³/mol. The van der Waals surface area contributed by atoms with E-state index in [4.69, 9.17) is 11.6 Å². The first kappa shape index (κ1) is 19.9. The standard InChI is InChI=1S/C25H20ClN5O2/c26-17-12-10-16(11-13-17)21-14-20(15-6-2-1-3-7-15)27-24-28-25(29-31(21)24)30-22(32)18-8-4-5-9-19(18)23(30)33/h1-7,10-14,18-19,21H,8-9H2,(H,27,28,29)/t18-,19+,21-/m1/s1. The first-order valence-corrected chi connectivity index (χ1v) is 11.3. The number of rotatable bonds is 3. The molecule has 1 saturated heterocycles. The van der Waals surface area contributed by atoms with Crippen molar-refractivity contribution in [3.8, 4) is 0 Å². The summed E-state index contributed by atoms with van der Waals surface area (Å²) in [6.45, 7) is 0. The first-order chi connectivity index (χ1) is 16.1. The molecule has 33 heavy (non-hydrogen) atoms. The number of nitrogens with one attached hydrogen (secondary N) is 1. The third-order valence-corrected chi connectivity index (χ3v) is 6.71. The number of hydrogen-bond donors (Lipinski definition) is 1. The van der Waals surface area contributed by atoms with Crippen LogP contribution in [0, 0.1) is 11.8 Å². The summed E-state index contributed by atoms with van der Waals surface area (Å²) in [5.74, 6) is -0.529. The van der Waals surface area contributed by atoms with Gasteiger partial charge >= 0.3 is 0 Å². The highest BCUT2D eigenvalue weighted by Crippen LogP contribution is 2.39. The lowest BCUT2D eigenvalue weighted by Crippen LogP contribution is -2.32. The number of aromatic nitrogens is 3. The molecule has 2 amide bonds. The zero-order valence-electron chi connectivity index (χ0n) is 17.6. The lowest BCUT2D eigenvalue weighted by Gasteiger charge is -2.24. The predicted octanol–water partition coefficient (Wildman–Crippen LogP) is 4.44. The summed E-state index contributed by atoms with van der Waals surface area (Å²) in [6, 6.07) is 17.2. The highest BCUT2D eigenvalue weighted by Gasteiger charge is 2.49. The quantitative estimate of drug-likeness (QED) is 0.464. The molecule has 2 aliphatic heterocycles. The third kappa shape index (κ3) is 3.27. The summed E-state index contributed by atoms with van der Waals surface area (Å²) in [4.78, 5) is 31.9. The lowest BCUT2D eigenvalue weighted by molar-refractivity contribution is -0.122. The van der Waals surface area contributed by atoms with Crippen molar-refractivity contribution in [1.82, 2.24) is 14.8 Å². The van der Waals surface area contributed by atoms with Crippen LogP contribution in [-0.4, -0.2) is 26.6 Å². The van der Waals surface area contributed by atoms with Crippen molar-refractivity contribution in [3.05, 3.63) is 89.0 Å². The molecular weight excluding hydrogens is 438 g/mol. The highest BCUT2D eigenvalue weighted by molar-refractivity contribution is 6.30. The van der Waals surface area contributed by atoms with E-state index in [1.54, 1.807) is 4.68 Å². The lowest BCUT2D eigenvalue weighted by atomic mass is 9.85. The summed E-state index contributed by atoms with van der Waals surface area (Å²) < 4.78 is 1.71. The second-order valence-corrected chi connectivity index (χ2v) is 8.85. The zero-order chi connectivity index (χ0) is 22.5. The second-order valence-electron chi connectivity index (χ2n) is 8.42. The number of carbonyl (C=O) groups excluding carboxylic acids is 2. The van der Waals surface area contributed by atoms with E-state index in [1.807, 2.05) is 66.7 Å². The van der Waals surface area contributed by atoms with E-state index < -0.39 is 0 Å². The molecule has 3 aromatic rings. The van der Waals surface area contributed by atoms with E-state index in [1.165, 1.54) is 0 Å². The Bertz CT molecular complexity index is 1290. The Labute approximate surface area is 195 Å². The summed E-state index contributed by atoms with van der Waals surface area (Å²) >= 11 is 6.11. The van der Waals surface area contributed by atoms with Gasteiger partial charge in [-0.05, 0) is 42.2 Å². The number of fused-ring (bicyclic) bond motifs is 2. The Balaban J connectivity index is 1.43. The van der Waals surface area contributed by atoms with Crippen LogP contribution < -0.4 is 10.2 Å². The van der Waals surface area contributed by atoms with E-state index in [9.17, 15) is 9.59 Å². The molecule has 0 bridgehead atoms. The molecule has 1 N–H and O–H groups in total. The van der Waals surface area contributed by atoms with Crippen molar-refractivity contribution in [2.75, 3.05) is 10.2 Å². The Morgan fingerprint density at radius 3 is 2.24 bits per heavy atom. The van der Waals surface area contributed by atoms with Crippen LogP contribution in [0.1, 0.15) is 30.0 Å². The largest absolute Gasteiger partial charge is 0.324 e. The van der Waals surface area contributed by atoms with E-state index in [2.05, 4.69) is 21.5 Å². The van der Waals surface area contributed by atoms with Gasteiger partial charge in [0.05, 0.1) is 11.8 Å². The van der Waals surface area contributed by atoms with Crippen molar-refractivity contribution in [2.45, 2.75) is 18.9 Å². The average molecular weight is 458 g/mol. The third-order valence-electron chi connectivity index (χ3n) is 6.46. The topological polar surface area (TPSA) is 80.1 Å². The fourth-order valence-electron chi connectivity index (χ4n) is 4.76. The molecule has 1 aliphatic carbocycles. The second kappa shape index (κ2) is 7.71. The molecule has 8 heteroatoms. The molecule has 3 atom stereocenters. The molecule has 0 saturated carbocycles. The van der Waals surface area contributed by atoms with Crippen LogP contribution in [0.3, 0.4) is 0 Å². The molecule has 164 valence electrons. The SMILES string of the molecule is O=C1[C@H]2CC=CC[C@H]2C(=O)N1c1nc2n(n1)[C@@H](c1ccc(Cl)cc1)C=C(c1ccccc1)N2. The van der Waals surface area contributed by atoms with Gasteiger partial charge in [0.2, 0.25) is 17.8 Å². The smallest absolute Gasteiger partial charge is 0.260 e. The molecule has 1 aromatic heterocycles. The molecule has 2 aromatic carbocycles. The fraction of sp³-hybridized carbons (Fsp3) is 0.200. The van der Waals surface area contributed by atoms with E-state index in [0.29, 0.717) is 23.8 Å². The van der Waals surface area contributed by atoms with Gasteiger partial charge in [-0.3, -0.25) is 9.59 Å². The van der Waals surface area contributed by atoms with Gasteiger partial charge in [0.15, 0.2) is 0 Å². The first-order valence-electron chi connectivity index (χ1n) is 10.9. The van der Waals surface area contributed by atoms with Gasteiger partial charge < -0.3 is 5.32 Å². The maximum Gasteiger partial charge on any atom is 0.260 e. The summed E-state index contributed by atoms with van der Waals surface area (Å²) in [5.41, 5.74) is 2.83. The molecule has 0 spiro atoms. The number of carbonyl (C=O) groups is 2. The number of anilines is 2. The number of nitrogens with zero attached hydrogens (tertiary/aromatic N) is 4. The monoisotopic (exact) mass is 457 g/mol. The van der Waals surface area contributed by atoms with E-state index in [0.717, 1.165) is 21.7 Å². The van der Waals surface area contributed by atoms with Crippen LogP contribution in [0.25, 0.3) is 5.70 Å². The molecule has 1 fully saturated rings. The van der Waals surface area contributed by atoms with Crippen LogP contribution in [-0.2, 0) is 9.59 Å². The van der Waals surface area contributed by atoms with Crippen LogP contribution in [0.5, 0.6) is 0 Å². The number of halogens is 1. The van der Waals surface area contributed by atoms with Crippen molar-refractivity contribution < 1.29 is 9.59 Å². The van der Waals surface area contributed by atoms with Crippen LogP contribution >= 0.6 is 11.6 Å². The van der Waals surface area contributed by atoms with Gasteiger partial charge in [-0.2, -0.15) is 4.98 Å². The average Bonchev–Trinajstić information content (AvgIpc) is 3.38. The van der Waals surface area contributed by atoms with Crippen LogP contribution in [0.15, 0.2) is 72.8 Å². The van der Waals surface area contributed by atoms with Gasteiger partial charge in [-0.1, -0.05) is 66.2 Å². The number of amides is 2. The molecule has 7 nitrogen and oxygen atoms in total. The molecular formula is C25H20ClN5O2. The molecule has 0 radical (unpaired) electrons. The van der Waals surface area contributed by atoms with Gasteiger partial charge in [-0.25, -0.2) is 9.58 Å². The van der Waals surface area contributed by atoms with Gasteiger partial charge in [0.1, 0.15) is 6.04 Å². The minimum absolute atomic E-state index is 0.114. The Hall–Kier alpha value is -3.71. The molecule has 3 heterocycles. The maximum atomic E-state index is 13.1. The normalized spacial score (nSPS) is 23.7. The van der Waals surface area contributed by atoms with Crippen LogP contribution in [0.2, 0.25) is 5.02 Å². The Morgan fingerprint density at radius 2 is 1.58 bits per heavy atom. The molecule has 3 aliphatic rings. The van der Waals surface area contributed by atoms with E-state index >= 15 is 0 Å². The summed E-state index contributed by atoms with van der Waals surface area (Å²) in [6.07, 6.45) is 7.14. The molecule has 0 unspecified atom stereocenters. The Kier molecular flexibility index (Phi) is 4.66. The minimum atomic E-state index is -0.332. The number of benzene rings is 2. The van der Waals surface area contributed by atoms with Gasteiger partial charge in [0.25, 0.3) is 5.95 Å². The highest BCUT2D eigenvalue weighted by atomic mass is 35.5. The van der Waals surface area contributed by atoms with Crippen molar-refractivity contribution in [1.29, 1.82) is 0 Å². The number of allylic oxidation sites excluding steroid dienone is 3. The number of hydrogen-bond acceptors (Lipinski definition) is 5. The Morgan fingerprint density at radius 1 is 0.909 bits per heavy atom. The molecule has 6 rings (SSSR count). The van der Waals surface area contributed by atoms with Gasteiger partial charge in [0, 0.05) is 10.7 Å². The fourth-order valence-corrected chi connectivity index (χ4v) is 4.88. The van der Waals surface area contributed by atoms with Crippen molar-refractivity contribution in [2.24, 2.45) is 11.8 Å². The minimum Gasteiger partial charge on any atom is -0.324 e. The summed E-state index contributed by atoms with van der Waals surface area (Å²) in [7, 11) is 0. The van der Waals surface area contributed by atoms with Gasteiger partial charge in [-0.15, -0.1) is 5.10 Å². The summed E-state index contributed by atoms with van der Waals surface area (Å²) in [5, 5.41) is 8.60. The van der Waals surface area contributed by atoms with Crippen molar-refractivity contribution >= 4 is 41.0 Å². The van der Waals surface area contributed by atoms with E-state index in [-0.39, 0.29) is 35.6 Å². The maximum absolute atomic E-state index is 13.1. The van der Waals surface area contributed by atoms with Crippen LogP contribution in [0.4, 0.5) is 11.9 Å². The zero-order valence-corrected chi connectivity index (χ0v) is 18.3. The van der Waals surface area contributed by atoms with Crippen molar-refractivity contribution in [3.63, 3.8) is 0 Å². The number of imide groups is 1.